The summed E-state index contributed by atoms with van der Waals surface area (Å²) in [6.07, 6.45) is 2.79. The van der Waals surface area contributed by atoms with Crippen molar-refractivity contribution in [3.05, 3.63) is 0 Å². The van der Waals surface area contributed by atoms with Gasteiger partial charge in [-0.25, -0.2) is 0 Å². The van der Waals surface area contributed by atoms with Crippen LogP contribution >= 0.6 is 0 Å². The summed E-state index contributed by atoms with van der Waals surface area (Å²) in [5, 5.41) is 0. The Bertz CT molecular complexity index is 248. The molecule has 1 rings (SSSR count). The summed E-state index contributed by atoms with van der Waals surface area (Å²) < 4.78 is 9.63. The van der Waals surface area contributed by atoms with Gasteiger partial charge in [-0.3, -0.25) is 15.3 Å². The van der Waals surface area contributed by atoms with Crippen LogP contribution in [0.25, 0.3) is 0 Å². The van der Waals surface area contributed by atoms with Gasteiger partial charge in [0.05, 0.1) is 6.61 Å². The molecule has 2 N–H and O–H groups in total. The minimum absolute atomic E-state index is 0.192. The van der Waals surface area contributed by atoms with Crippen LogP contribution in [0.2, 0.25) is 0 Å². The lowest BCUT2D eigenvalue weighted by Gasteiger charge is -2.12. The third-order valence-corrected chi connectivity index (χ3v) is 2.48. The van der Waals surface area contributed by atoms with Gasteiger partial charge in [0.15, 0.2) is 5.41 Å². The Hall–Kier alpha value is -1.10. The maximum atomic E-state index is 11.6. The zero-order valence-electron chi connectivity index (χ0n) is 8.95. The van der Waals surface area contributed by atoms with Crippen molar-refractivity contribution in [2.75, 3.05) is 13.3 Å². The molecule has 0 radical (unpaired) electrons. The lowest BCUT2D eigenvalue weighted by molar-refractivity contribution is -0.164. The molecule has 15 heavy (non-hydrogen) atoms. The molecule has 5 nitrogen and oxygen atoms in total. The molecular formula is C10H17NO4. The van der Waals surface area contributed by atoms with E-state index in [0.29, 0.717) is 19.4 Å². The van der Waals surface area contributed by atoms with Crippen LogP contribution < -0.4 is 5.73 Å². The first-order chi connectivity index (χ1) is 7.17. The van der Waals surface area contributed by atoms with Crippen molar-refractivity contribution >= 4 is 11.9 Å². The average Bonchev–Trinajstić information content (AvgIpc) is 2.99. The van der Waals surface area contributed by atoms with E-state index in [0.717, 1.165) is 12.8 Å². The standard InChI is InChI=1S/C10H17NO4/c1-2-3-6-14-8(12)10(4-5-10)9(13)15-7-11/h2-7,11H2,1H3. The van der Waals surface area contributed by atoms with Crippen LogP contribution in [0, 0.1) is 5.41 Å². The summed E-state index contributed by atoms with van der Waals surface area (Å²) in [7, 11) is 0. The molecule has 0 aliphatic heterocycles. The predicted octanol–water partition coefficient (Wildman–Crippen LogP) is 0.569. The van der Waals surface area contributed by atoms with Crippen molar-refractivity contribution in [1.82, 2.24) is 0 Å². The number of esters is 2. The molecule has 86 valence electrons. The molecule has 0 saturated heterocycles. The smallest absolute Gasteiger partial charge is 0.324 e. The Morgan fingerprint density at radius 2 is 1.87 bits per heavy atom. The summed E-state index contributed by atoms with van der Waals surface area (Å²) in [6.45, 7) is 2.18. The Balaban J connectivity index is 2.40. The number of carbonyl (C=O) groups is 2. The highest BCUT2D eigenvalue weighted by Crippen LogP contribution is 2.47. The van der Waals surface area contributed by atoms with E-state index in [1.54, 1.807) is 0 Å². The van der Waals surface area contributed by atoms with Crippen molar-refractivity contribution < 1.29 is 19.1 Å². The molecule has 0 heterocycles. The maximum absolute atomic E-state index is 11.6. The summed E-state index contributed by atoms with van der Waals surface area (Å²) in [6, 6.07) is 0. The Morgan fingerprint density at radius 1 is 1.27 bits per heavy atom. The monoisotopic (exact) mass is 215 g/mol. The number of unbranched alkanes of at least 4 members (excludes halogenated alkanes) is 1. The van der Waals surface area contributed by atoms with E-state index in [-0.39, 0.29) is 6.73 Å². The molecule has 1 fully saturated rings. The second-order valence-electron chi connectivity index (χ2n) is 3.67. The molecule has 0 bridgehead atoms. The molecule has 1 aliphatic rings. The van der Waals surface area contributed by atoms with Crippen LogP contribution in [-0.4, -0.2) is 25.3 Å². The van der Waals surface area contributed by atoms with Gasteiger partial charge in [0.25, 0.3) is 0 Å². The van der Waals surface area contributed by atoms with Gasteiger partial charge >= 0.3 is 11.9 Å². The second-order valence-corrected chi connectivity index (χ2v) is 3.67. The summed E-state index contributed by atoms with van der Waals surface area (Å²) in [5.41, 5.74) is 4.05. The van der Waals surface area contributed by atoms with E-state index in [1.807, 2.05) is 6.92 Å². The Labute approximate surface area is 88.9 Å². The minimum Gasteiger partial charge on any atom is -0.465 e. The topological polar surface area (TPSA) is 78.6 Å². The first kappa shape index (κ1) is 12.0. The fourth-order valence-corrected chi connectivity index (χ4v) is 1.28. The van der Waals surface area contributed by atoms with E-state index in [9.17, 15) is 9.59 Å². The molecule has 0 aromatic rings. The number of rotatable bonds is 6. The van der Waals surface area contributed by atoms with Gasteiger partial charge in [0.2, 0.25) is 0 Å². The van der Waals surface area contributed by atoms with Gasteiger partial charge < -0.3 is 9.47 Å². The highest BCUT2D eigenvalue weighted by atomic mass is 16.6. The van der Waals surface area contributed by atoms with E-state index in [2.05, 4.69) is 4.74 Å². The summed E-state index contributed by atoms with van der Waals surface area (Å²) >= 11 is 0. The van der Waals surface area contributed by atoms with E-state index < -0.39 is 17.4 Å². The highest BCUT2D eigenvalue weighted by Gasteiger charge is 2.59. The molecule has 1 saturated carbocycles. The largest absolute Gasteiger partial charge is 0.465 e. The van der Waals surface area contributed by atoms with Gasteiger partial charge in [0.1, 0.15) is 6.73 Å². The third-order valence-electron chi connectivity index (χ3n) is 2.48. The van der Waals surface area contributed by atoms with Crippen LogP contribution in [0.4, 0.5) is 0 Å². The average molecular weight is 215 g/mol. The molecule has 0 aromatic carbocycles. The Morgan fingerprint density at radius 3 is 2.33 bits per heavy atom. The number of hydrogen-bond donors (Lipinski definition) is 1. The number of nitrogens with two attached hydrogens (primary N) is 1. The van der Waals surface area contributed by atoms with Gasteiger partial charge in [-0.05, 0) is 19.3 Å². The SMILES string of the molecule is CCCCOC(=O)C1(C(=O)OCN)CC1. The molecule has 5 heteroatoms. The zero-order chi connectivity index (χ0) is 11.3. The van der Waals surface area contributed by atoms with Crippen LogP contribution in [0.3, 0.4) is 0 Å². The second kappa shape index (κ2) is 5.11. The van der Waals surface area contributed by atoms with Crippen molar-refractivity contribution in [3.8, 4) is 0 Å². The van der Waals surface area contributed by atoms with E-state index in [1.165, 1.54) is 0 Å². The fourth-order valence-electron chi connectivity index (χ4n) is 1.28. The molecule has 0 unspecified atom stereocenters. The van der Waals surface area contributed by atoms with Crippen molar-refractivity contribution in [2.45, 2.75) is 32.6 Å². The van der Waals surface area contributed by atoms with Crippen LogP contribution in [0.1, 0.15) is 32.6 Å². The molecular weight excluding hydrogens is 198 g/mol. The van der Waals surface area contributed by atoms with Gasteiger partial charge in [0, 0.05) is 0 Å². The predicted molar refractivity (Wildman–Crippen MR) is 52.7 cm³/mol. The van der Waals surface area contributed by atoms with Gasteiger partial charge in [-0.15, -0.1) is 0 Å². The normalized spacial score (nSPS) is 16.9. The summed E-state index contributed by atoms with van der Waals surface area (Å²) in [5.74, 6) is -1.01. The zero-order valence-corrected chi connectivity index (χ0v) is 8.95. The number of hydrogen-bond acceptors (Lipinski definition) is 5. The van der Waals surface area contributed by atoms with Gasteiger partial charge in [-0.2, -0.15) is 0 Å². The maximum Gasteiger partial charge on any atom is 0.324 e. The first-order valence-corrected chi connectivity index (χ1v) is 5.22. The minimum atomic E-state index is -1.03. The van der Waals surface area contributed by atoms with E-state index >= 15 is 0 Å². The van der Waals surface area contributed by atoms with Crippen LogP contribution in [0.15, 0.2) is 0 Å². The molecule has 0 atom stereocenters. The molecule has 0 aromatic heterocycles. The molecule has 0 amide bonds. The number of ether oxygens (including phenoxy) is 2. The van der Waals surface area contributed by atoms with Crippen LogP contribution in [0.5, 0.6) is 0 Å². The lowest BCUT2D eigenvalue weighted by Crippen LogP contribution is -2.31. The quantitative estimate of drug-likeness (QED) is 0.303. The third kappa shape index (κ3) is 2.68. The van der Waals surface area contributed by atoms with Crippen molar-refractivity contribution in [1.29, 1.82) is 0 Å². The summed E-state index contributed by atoms with van der Waals surface area (Å²) in [4.78, 5) is 23.0. The van der Waals surface area contributed by atoms with Crippen LogP contribution in [-0.2, 0) is 19.1 Å². The first-order valence-electron chi connectivity index (χ1n) is 5.22. The number of carbonyl (C=O) groups excluding carboxylic acids is 2. The van der Waals surface area contributed by atoms with E-state index in [4.69, 9.17) is 10.5 Å². The molecule has 0 spiro atoms. The lowest BCUT2D eigenvalue weighted by atomic mass is 10.1. The highest BCUT2D eigenvalue weighted by molar-refractivity contribution is 6.03. The Kier molecular flexibility index (Phi) is 4.08. The fraction of sp³-hybridized carbons (Fsp3) is 0.800. The molecule has 1 aliphatic carbocycles. The van der Waals surface area contributed by atoms with Crippen molar-refractivity contribution in [2.24, 2.45) is 11.1 Å². The van der Waals surface area contributed by atoms with Gasteiger partial charge in [-0.1, -0.05) is 13.3 Å². The van der Waals surface area contributed by atoms with Crippen molar-refractivity contribution in [3.63, 3.8) is 0 Å².